The Bertz CT molecular complexity index is 498. The lowest BCUT2D eigenvalue weighted by atomic mass is 10.2. The molecule has 0 spiro atoms. The van der Waals surface area contributed by atoms with Gasteiger partial charge in [-0.25, -0.2) is 0 Å². The molecule has 0 radical (unpaired) electrons. The molecule has 0 unspecified atom stereocenters. The fourth-order valence-corrected chi connectivity index (χ4v) is 2.72. The highest BCUT2D eigenvalue weighted by Crippen LogP contribution is 2.32. The van der Waals surface area contributed by atoms with Gasteiger partial charge in [0, 0.05) is 13.0 Å². The summed E-state index contributed by atoms with van der Waals surface area (Å²) in [4.78, 5) is 18.8. The van der Waals surface area contributed by atoms with Crippen LogP contribution in [0.3, 0.4) is 0 Å². The molecule has 6 heteroatoms. The van der Waals surface area contributed by atoms with E-state index in [0.29, 0.717) is 30.7 Å². The maximum absolute atomic E-state index is 12.6. The highest BCUT2D eigenvalue weighted by molar-refractivity contribution is 5.81. The summed E-state index contributed by atoms with van der Waals surface area (Å²) in [5, 5.41) is 4.02. The topological polar surface area (TPSA) is 68.5 Å². The second kappa shape index (κ2) is 6.13. The quantitative estimate of drug-likeness (QED) is 0.803. The highest BCUT2D eigenvalue weighted by Gasteiger charge is 2.36. The van der Waals surface area contributed by atoms with Crippen LogP contribution in [0.1, 0.15) is 57.3 Å². The molecule has 6 nitrogen and oxygen atoms in total. The van der Waals surface area contributed by atoms with E-state index < -0.39 is 0 Å². The molecule has 1 amide bonds. The average molecular weight is 293 g/mol. The van der Waals surface area contributed by atoms with E-state index in [1.165, 1.54) is 12.8 Å². The van der Waals surface area contributed by atoms with Gasteiger partial charge in [-0.2, -0.15) is 4.98 Å². The molecule has 2 atom stereocenters. The number of nitrogens with zero attached hydrogens (tertiary/aromatic N) is 3. The van der Waals surface area contributed by atoms with E-state index in [4.69, 9.17) is 9.26 Å². The number of carbonyl (C=O) groups excluding carboxylic acids is 1. The van der Waals surface area contributed by atoms with E-state index in [2.05, 4.69) is 10.1 Å². The third-order valence-electron chi connectivity index (χ3n) is 4.25. The molecule has 1 aliphatic heterocycles. The molecule has 2 heterocycles. The van der Waals surface area contributed by atoms with Crippen molar-refractivity contribution in [3.63, 3.8) is 0 Å². The van der Waals surface area contributed by atoms with Crippen LogP contribution >= 0.6 is 0 Å². The van der Waals surface area contributed by atoms with Crippen LogP contribution in [-0.2, 0) is 16.0 Å². The summed E-state index contributed by atoms with van der Waals surface area (Å²) in [5.41, 5.74) is 0. The summed E-state index contributed by atoms with van der Waals surface area (Å²) < 4.78 is 10.9. The van der Waals surface area contributed by atoms with E-state index in [1.54, 1.807) is 0 Å². The van der Waals surface area contributed by atoms with Gasteiger partial charge < -0.3 is 14.2 Å². The Kier molecular flexibility index (Phi) is 4.24. The number of hydrogen-bond acceptors (Lipinski definition) is 5. The van der Waals surface area contributed by atoms with Crippen molar-refractivity contribution in [2.75, 3.05) is 13.2 Å². The zero-order valence-electron chi connectivity index (χ0n) is 12.7. The number of ether oxygens (including phenoxy) is 1. The first-order chi connectivity index (χ1) is 10.2. The van der Waals surface area contributed by atoms with E-state index in [9.17, 15) is 4.79 Å². The minimum Gasteiger partial charge on any atom is -0.368 e. The fourth-order valence-electron chi connectivity index (χ4n) is 2.72. The SMILES string of the molecule is CCc1nc([C@@H]2CCCN2C(=O)[C@@H](C)OCC2CC2)no1. The van der Waals surface area contributed by atoms with Gasteiger partial charge in [0.2, 0.25) is 5.89 Å². The zero-order valence-corrected chi connectivity index (χ0v) is 12.7. The second-order valence-corrected chi connectivity index (χ2v) is 6.01. The van der Waals surface area contributed by atoms with Gasteiger partial charge in [-0.1, -0.05) is 12.1 Å². The summed E-state index contributed by atoms with van der Waals surface area (Å²) >= 11 is 0. The lowest BCUT2D eigenvalue weighted by Gasteiger charge is -2.25. The van der Waals surface area contributed by atoms with Gasteiger partial charge in [0.1, 0.15) is 6.10 Å². The Hall–Kier alpha value is -1.43. The molecule has 2 fully saturated rings. The molecule has 0 aromatic carbocycles. The summed E-state index contributed by atoms with van der Waals surface area (Å²) in [6.07, 6.45) is 4.66. The van der Waals surface area contributed by atoms with Crippen molar-refractivity contribution in [3.05, 3.63) is 11.7 Å². The van der Waals surface area contributed by atoms with Gasteiger partial charge in [0.15, 0.2) is 5.82 Å². The number of likely N-dealkylation sites (tertiary alicyclic amines) is 1. The minimum absolute atomic E-state index is 0.0426. The lowest BCUT2D eigenvalue weighted by Crippen LogP contribution is -2.39. The molecule has 0 bridgehead atoms. The van der Waals surface area contributed by atoms with Crippen molar-refractivity contribution >= 4 is 5.91 Å². The van der Waals surface area contributed by atoms with E-state index >= 15 is 0 Å². The van der Waals surface area contributed by atoms with Crippen molar-refractivity contribution in [1.29, 1.82) is 0 Å². The van der Waals surface area contributed by atoms with E-state index in [-0.39, 0.29) is 18.1 Å². The number of aryl methyl sites for hydroxylation is 1. The largest absolute Gasteiger partial charge is 0.368 e. The zero-order chi connectivity index (χ0) is 14.8. The predicted molar refractivity (Wildman–Crippen MR) is 75.5 cm³/mol. The Morgan fingerprint density at radius 3 is 2.95 bits per heavy atom. The van der Waals surface area contributed by atoms with Gasteiger partial charge >= 0.3 is 0 Å². The Morgan fingerprint density at radius 1 is 1.48 bits per heavy atom. The van der Waals surface area contributed by atoms with Crippen LogP contribution < -0.4 is 0 Å². The van der Waals surface area contributed by atoms with Crippen LogP contribution in [-0.4, -0.2) is 40.2 Å². The maximum Gasteiger partial charge on any atom is 0.252 e. The van der Waals surface area contributed by atoms with Crippen molar-refractivity contribution in [2.45, 2.75) is 58.1 Å². The summed E-state index contributed by atoms with van der Waals surface area (Å²) in [6, 6.07) is -0.0616. The molecule has 1 aromatic heterocycles. The Balaban J connectivity index is 1.63. The molecular formula is C15H23N3O3. The first kappa shape index (κ1) is 14.5. The normalized spacial score (nSPS) is 23.5. The Morgan fingerprint density at radius 2 is 2.29 bits per heavy atom. The summed E-state index contributed by atoms with van der Waals surface area (Å²) in [7, 11) is 0. The molecule has 1 aromatic rings. The average Bonchev–Trinajstić information content (AvgIpc) is 3.02. The summed E-state index contributed by atoms with van der Waals surface area (Å²) in [6.45, 7) is 5.26. The number of carbonyl (C=O) groups is 1. The summed E-state index contributed by atoms with van der Waals surface area (Å²) in [5.74, 6) is 1.97. The molecule has 1 saturated heterocycles. The molecule has 2 aliphatic rings. The van der Waals surface area contributed by atoms with Crippen LogP contribution in [0.25, 0.3) is 0 Å². The van der Waals surface area contributed by atoms with Crippen LogP contribution in [0.2, 0.25) is 0 Å². The Labute approximate surface area is 124 Å². The number of aromatic nitrogens is 2. The van der Waals surface area contributed by atoms with Crippen molar-refractivity contribution in [1.82, 2.24) is 15.0 Å². The number of rotatable bonds is 6. The molecule has 116 valence electrons. The maximum atomic E-state index is 12.6. The van der Waals surface area contributed by atoms with Gasteiger partial charge in [-0.3, -0.25) is 4.79 Å². The van der Waals surface area contributed by atoms with E-state index in [1.807, 2.05) is 18.7 Å². The lowest BCUT2D eigenvalue weighted by molar-refractivity contribution is -0.144. The number of hydrogen-bond donors (Lipinski definition) is 0. The molecule has 1 aliphatic carbocycles. The monoisotopic (exact) mass is 293 g/mol. The molecule has 21 heavy (non-hydrogen) atoms. The van der Waals surface area contributed by atoms with E-state index in [0.717, 1.165) is 19.4 Å². The van der Waals surface area contributed by atoms with Crippen LogP contribution in [0.5, 0.6) is 0 Å². The predicted octanol–water partition coefficient (Wildman–Crippen LogP) is 2.11. The van der Waals surface area contributed by atoms with Crippen LogP contribution in [0.15, 0.2) is 4.52 Å². The first-order valence-electron chi connectivity index (χ1n) is 7.93. The molecular weight excluding hydrogens is 270 g/mol. The van der Waals surface area contributed by atoms with Crippen molar-refractivity contribution < 1.29 is 14.1 Å². The third kappa shape index (κ3) is 3.26. The van der Waals surface area contributed by atoms with Gasteiger partial charge in [0.05, 0.1) is 12.6 Å². The fraction of sp³-hybridized carbons (Fsp3) is 0.800. The standard InChI is InChI=1S/C15H23N3O3/c1-3-13-16-14(17-21-13)12-5-4-8-18(12)15(19)10(2)20-9-11-6-7-11/h10-12H,3-9H2,1-2H3/t10-,12+/m1/s1. The van der Waals surface area contributed by atoms with Crippen molar-refractivity contribution in [3.8, 4) is 0 Å². The van der Waals surface area contributed by atoms with Gasteiger partial charge in [-0.05, 0) is 38.5 Å². The molecule has 0 N–H and O–H groups in total. The molecule has 3 rings (SSSR count). The minimum atomic E-state index is -0.385. The van der Waals surface area contributed by atoms with Gasteiger partial charge in [-0.15, -0.1) is 0 Å². The third-order valence-corrected chi connectivity index (χ3v) is 4.25. The molecule has 1 saturated carbocycles. The smallest absolute Gasteiger partial charge is 0.252 e. The van der Waals surface area contributed by atoms with Crippen molar-refractivity contribution in [2.24, 2.45) is 5.92 Å². The first-order valence-corrected chi connectivity index (χ1v) is 7.93. The van der Waals surface area contributed by atoms with Crippen LogP contribution in [0, 0.1) is 5.92 Å². The van der Waals surface area contributed by atoms with Crippen LogP contribution in [0.4, 0.5) is 0 Å². The number of amides is 1. The second-order valence-electron chi connectivity index (χ2n) is 6.01. The van der Waals surface area contributed by atoms with Gasteiger partial charge in [0.25, 0.3) is 5.91 Å². The highest BCUT2D eigenvalue weighted by atomic mass is 16.5.